The minimum Gasteiger partial charge on any atom is -0.423 e. The number of hydrogen-bond acceptors (Lipinski definition) is 5. The molecule has 0 aliphatic heterocycles. The van der Waals surface area contributed by atoms with Gasteiger partial charge < -0.3 is 20.6 Å². The molecule has 3 rings (SSSR count). The van der Waals surface area contributed by atoms with E-state index in [1.54, 1.807) is 6.07 Å². The number of aliphatic hydroxyl groups excluding tert-OH is 1. The number of para-hydroxylation sites is 1. The molecule has 0 saturated carbocycles. The summed E-state index contributed by atoms with van der Waals surface area (Å²) in [4.78, 5) is 4.36. The Morgan fingerprint density at radius 1 is 1.19 bits per heavy atom. The van der Waals surface area contributed by atoms with Crippen molar-refractivity contribution in [1.29, 1.82) is 0 Å². The number of oxazole rings is 1. The van der Waals surface area contributed by atoms with Crippen molar-refractivity contribution >= 4 is 22.8 Å². The van der Waals surface area contributed by atoms with Gasteiger partial charge in [-0.2, -0.15) is 4.98 Å². The Balaban J connectivity index is 1.98. The van der Waals surface area contributed by atoms with Gasteiger partial charge in [-0.15, -0.1) is 0 Å². The highest BCUT2D eigenvalue weighted by atomic mass is 16.4. The molecule has 1 unspecified atom stereocenters. The maximum Gasteiger partial charge on any atom is 0.296 e. The number of nitrogens with zero attached hydrogens (tertiary/aromatic N) is 1. The number of benzene rings is 2. The van der Waals surface area contributed by atoms with E-state index in [9.17, 15) is 5.11 Å². The van der Waals surface area contributed by atoms with E-state index >= 15 is 0 Å². The van der Waals surface area contributed by atoms with Crippen molar-refractivity contribution in [3.63, 3.8) is 0 Å². The van der Waals surface area contributed by atoms with Crippen LogP contribution in [-0.4, -0.2) is 16.7 Å². The number of nitrogens with two attached hydrogens (primary N) is 1. The molecule has 0 amide bonds. The van der Waals surface area contributed by atoms with Crippen LogP contribution in [0.15, 0.2) is 52.9 Å². The smallest absolute Gasteiger partial charge is 0.296 e. The molecule has 0 saturated heterocycles. The van der Waals surface area contributed by atoms with Gasteiger partial charge in [-0.25, -0.2) is 0 Å². The van der Waals surface area contributed by atoms with Crippen molar-refractivity contribution in [2.75, 3.05) is 17.7 Å². The van der Waals surface area contributed by atoms with E-state index in [1.165, 1.54) is 0 Å². The average molecular weight is 283 g/mol. The van der Waals surface area contributed by atoms with Gasteiger partial charge in [0.25, 0.3) is 6.01 Å². The minimum atomic E-state index is -0.684. The molecule has 2 aromatic carbocycles. The second-order valence-electron chi connectivity index (χ2n) is 5.19. The van der Waals surface area contributed by atoms with Gasteiger partial charge >= 0.3 is 0 Å². The molecule has 1 atom stereocenters. The monoisotopic (exact) mass is 283 g/mol. The van der Waals surface area contributed by atoms with E-state index in [-0.39, 0.29) is 6.61 Å². The first-order valence-electron chi connectivity index (χ1n) is 6.72. The summed E-state index contributed by atoms with van der Waals surface area (Å²) >= 11 is 0. The topological polar surface area (TPSA) is 84.3 Å². The molecule has 1 heterocycles. The van der Waals surface area contributed by atoms with Crippen LogP contribution >= 0.6 is 0 Å². The molecule has 1 aromatic heterocycles. The Labute approximate surface area is 122 Å². The predicted molar refractivity (Wildman–Crippen MR) is 82.9 cm³/mol. The standard InChI is InChI=1S/C16H17N3O2/c1-16(10-20,11-6-3-2-4-7-11)19-15-18-14-12(17)8-5-9-13(14)21-15/h2-9,20H,10,17H2,1H3,(H,18,19). The van der Waals surface area contributed by atoms with Gasteiger partial charge in [-0.05, 0) is 24.6 Å². The molecule has 3 aromatic rings. The Hall–Kier alpha value is -2.53. The fraction of sp³-hybridized carbons (Fsp3) is 0.188. The molecule has 0 bridgehead atoms. The fourth-order valence-corrected chi connectivity index (χ4v) is 2.27. The van der Waals surface area contributed by atoms with Crippen molar-refractivity contribution < 1.29 is 9.52 Å². The summed E-state index contributed by atoms with van der Waals surface area (Å²) < 4.78 is 5.65. The summed E-state index contributed by atoms with van der Waals surface area (Å²) in [7, 11) is 0. The van der Waals surface area contributed by atoms with E-state index in [0.717, 1.165) is 5.56 Å². The summed E-state index contributed by atoms with van der Waals surface area (Å²) in [6, 6.07) is 15.4. The van der Waals surface area contributed by atoms with Crippen molar-refractivity contribution in [1.82, 2.24) is 4.98 Å². The fourth-order valence-electron chi connectivity index (χ4n) is 2.27. The first kappa shape index (κ1) is 13.5. The number of anilines is 2. The molecule has 108 valence electrons. The largest absolute Gasteiger partial charge is 0.423 e. The molecule has 0 spiro atoms. The number of aromatic nitrogens is 1. The first-order valence-corrected chi connectivity index (χ1v) is 6.72. The summed E-state index contributed by atoms with van der Waals surface area (Å²) in [6.45, 7) is 1.80. The number of aliphatic hydroxyl groups is 1. The van der Waals surface area contributed by atoms with Gasteiger partial charge in [0.05, 0.1) is 17.8 Å². The molecule has 4 N–H and O–H groups in total. The van der Waals surface area contributed by atoms with E-state index in [4.69, 9.17) is 10.2 Å². The molecule has 5 heteroatoms. The van der Waals surface area contributed by atoms with Crippen LogP contribution in [0.2, 0.25) is 0 Å². The molecule has 0 aliphatic rings. The van der Waals surface area contributed by atoms with Crippen LogP contribution in [0.1, 0.15) is 12.5 Å². The van der Waals surface area contributed by atoms with E-state index in [2.05, 4.69) is 10.3 Å². The summed E-state index contributed by atoms with van der Waals surface area (Å²) in [6.07, 6.45) is 0. The minimum absolute atomic E-state index is 0.0920. The zero-order valence-electron chi connectivity index (χ0n) is 11.7. The van der Waals surface area contributed by atoms with Gasteiger partial charge in [0.2, 0.25) is 0 Å². The highest BCUT2D eigenvalue weighted by Gasteiger charge is 2.27. The number of fused-ring (bicyclic) bond motifs is 1. The lowest BCUT2D eigenvalue weighted by Crippen LogP contribution is -2.35. The Morgan fingerprint density at radius 3 is 2.62 bits per heavy atom. The lowest BCUT2D eigenvalue weighted by Gasteiger charge is -2.28. The lowest BCUT2D eigenvalue weighted by atomic mass is 9.93. The van der Waals surface area contributed by atoms with E-state index < -0.39 is 5.54 Å². The number of nitrogen functional groups attached to an aromatic ring is 1. The second-order valence-corrected chi connectivity index (χ2v) is 5.19. The Kier molecular flexibility index (Phi) is 3.27. The number of nitrogens with one attached hydrogen (secondary N) is 1. The van der Waals surface area contributed by atoms with Gasteiger partial charge in [0.15, 0.2) is 5.58 Å². The molecule has 0 radical (unpaired) electrons. The number of rotatable bonds is 4. The van der Waals surface area contributed by atoms with Crippen molar-refractivity contribution in [2.24, 2.45) is 0 Å². The van der Waals surface area contributed by atoms with Crippen LogP contribution in [0.3, 0.4) is 0 Å². The predicted octanol–water partition coefficient (Wildman–Crippen LogP) is 2.73. The highest BCUT2D eigenvalue weighted by Crippen LogP contribution is 2.29. The zero-order valence-corrected chi connectivity index (χ0v) is 11.7. The third kappa shape index (κ3) is 2.43. The van der Waals surface area contributed by atoms with Crippen molar-refractivity contribution in [3.8, 4) is 0 Å². The van der Waals surface area contributed by atoms with E-state index in [1.807, 2.05) is 49.4 Å². The van der Waals surface area contributed by atoms with Gasteiger partial charge in [-0.3, -0.25) is 0 Å². The zero-order chi connectivity index (χ0) is 14.9. The average Bonchev–Trinajstić information content (AvgIpc) is 2.92. The van der Waals surface area contributed by atoms with E-state index in [0.29, 0.717) is 22.8 Å². The Bertz CT molecular complexity index is 755. The van der Waals surface area contributed by atoms with Gasteiger partial charge in [0.1, 0.15) is 5.52 Å². The third-order valence-corrected chi connectivity index (χ3v) is 3.56. The molecular weight excluding hydrogens is 266 g/mol. The lowest BCUT2D eigenvalue weighted by molar-refractivity contribution is 0.221. The summed E-state index contributed by atoms with van der Waals surface area (Å²) in [5.41, 5.74) is 7.94. The van der Waals surface area contributed by atoms with Crippen LogP contribution in [0, 0.1) is 0 Å². The maximum atomic E-state index is 9.77. The second kappa shape index (κ2) is 5.10. The summed E-state index contributed by atoms with van der Waals surface area (Å²) in [5.74, 6) is 0. The molecular formula is C16H17N3O2. The van der Waals surface area contributed by atoms with Gasteiger partial charge in [0, 0.05) is 0 Å². The van der Waals surface area contributed by atoms with Gasteiger partial charge in [-0.1, -0.05) is 36.4 Å². The van der Waals surface area contributed by atoms with Crippen molar-refractivity contribution in [2.45, 2.75) is 12.5 Å². The maximum absolute atomic E-state index is 9.77. The highest BCUT2D eigenvalue weighted by molar-refractivity contribution is 5.86. The van der Waals surface area contributed by atoms with Crippen LogP contribution in [0.25, 0.3) is 11.1 Å². The van der Waals surface area contributed by atoms with Crippen LogP contribution in [-0.2, 0) is 5.54 Å². The normalized spacial score (nSPS) is 14.0. The molecule has 5 nitrogen and oxygen atoms in total. The molecule has 0 aliphatic carbocycles. The first-order chi connectivity index (χ1) is 10.1. The van der Waals surface area contributed by atoms with Crippen molar-refractivity contribution in [3.05, 3.63) is 54.1 Å². The van der Waals surface area contributed by atoms with Crippen LogP contribution < -0.4 is 11.1 Å². The quantitative estimate of drug-likeness (QED) is 0.641. The van der Waals surface area contributed by atoms with Crippen LogP contribution in [0.4, 0.5) is 11.7 Å². The SMILES string of the molecule is CC(CO)(Nc1nc2c(N)cccc2o1)c1ccccc1. The molecule has 21 heavy (non-hydrogen) atoms. The van der Waals surface area contributed by atoms with Crippen LogP contribution in [0.5, 0.6) is 0 Å². The number of hydrogen-bond donors (Lipinski definition) is 3. The molecule has 0 fully saturated rings. The Morgan fingerprint density at radius 2 is 1.95 bits per heavy atom. The third-order valence-electron chi connectivity index (χ3n) is 3.56. The summed E-state index contributed by atoms with van der Waals surface area (Å²) in [5, 5.41) is 12.9.